The smallest absolute Gasteiger partial charge is 0.170 e. The molecule has 0 unspecified atom stereocenters. The van der Waals surface area contributed by atoms with E-state index in [9.17, 15) is 8.78 Å². The zero-order valence-electron chi connectivity index (χ0n) is 9.78. The van der Waals surface area contributed by atoms with Gasteiger partial charge < -0.3 is 5.32 Å². The molecule has 0 radical (unpaired) electrons. The molecule has 0 atom stereocenters. The minimum Gasteiger partial charge on any atom is -0.307 e. The van der Waals surface area contributed by atoms with Crippen molar-refractivity contribution in [1.82, 2.24) is 25.5 Å². The highest BCUT2D eigenvalue weighted by Crippen LogP contribution is 2.23. The first-order valence-electron chi connectivity index (χ1n) is 5.80. The third kappa shape index (κ3) is 2.64. The number of hydrogen-bond acceptors (Lipinski definition) is 4. The van der Waals surface area contributed by atoms with E-state index in [2.05, 4.69) is 36.8 Å². The maximum atomic E-state index is 13.9. The Morgan fingerprint density at radius 3 is 2.84 bits per heavy atom. The molecule has 100 valence electrons. The monoisotopic (exact) mass is 329 g/mol. The molecule has 1 heterocycles. The zero-order chi connectivity index (χ0) is 13.4. The molecule has 1 aromatic heterocycles. The van der Waals surface area contributed by atoms with Gasteiger partial charge in [-0.05, 0) is 45.3 Å². The van der Waals surface area contributed by atoms with Crippen LogP contribution in [-0.2, 0) is 6.54 Å². The van der Waals surface area contributed by atoms with E-state index in [0.717, 1.165) is 25.0 Å². The Bertz CT molecular complexity index is 611. The summed E-state index contributed by atoms with van der Waals surface area (Å²) in [5.74, 6) is -0.700. The summed E-state index contributed by atoms with van der Waals surface area (Å²) in [6.07, 6.45) is 2.26. The molecule has 1 aliphatic rings. The topological polar surface area (TPSA) is 55.6 Å². The van der Waals surface area contributed by atoms with Gasteiger partial charge in [0.1, 0.15) is 17.3 Å². The van der Waals surface area contributed by atoms with Crippen molar-refractivity contribution in [1.29, 1.82) is 0 Å². The van der Waals surface area contributed by atoms with Gasteiger partial charge in [-0.2, -0.15) is 4.68 Å². The van der Waals surface area contributed by atoms with Crippen molar-refractivity contribution in [2.24, 2.45) is 0 Å². The first-order valence-corrected chi connectivity index (χ1v) is 6.60. The van der Waals surface area contributed by atoms with Crippen LogP contribution >= 0.6 is 15.9 Å². The van der Waals surface area contributed by atoms with Crippen LogP contribution in [0.25, 0.3) is 5.69 Å². The number of nitrogens with zero attached hydrogens (tertiary/aromatic N) is 4. The van der Waals surface area contributed by atoms with Crippen molar-refractivity contribution in [2.75, 3.05) is 0 Å². The van der Waals surface area contributed by atoms with Gasteiger partial charge in [-0.25, -0.2) is 8.78 Å². The van der Waals surface area contributed by atoms with Gasteiger partial charge in [0.05, 0.1) is 11.0 Å². The number of halogens is 3. The predicted octanol–water partition coefficient (Wildman–Crippen LogP) is 1.95. The molecule has 0 saturated heterocycles. The number of benzene rings is 1. The highest BCUT2D eigenvalue weighted by Gasteiger charge is 2.22. The van der Waals surface area contributed by atoms with Crippen LogP contribution in [0, 0.1) is 11.6 Å². The minimum absolute atomic E-state index is 0.00158. The molecule has 1 saturated carbocycles. The highest BCUT2D eigenvalue weighted by molar-refractivity contribution is 9.10. The fraction of sp³-hybridized carbons (Fsp3) is 0.364. The van der Waals surface area contributed by atoms with Gasteiger partial charge in [0, 0.05) is 12.1 Å². The standard InChI is InChI=1S/C11H10BrF2N5/c12-7-3-9(14)10(4-8(7)13)19-11(16-17-18-19)5-15-6-1-2-6/h3-4,6,15H,1-2,5H2. The van der Waals surface area contributed by atoms with Crippen molar-refractivity contribution < 1.29 is 8.78 Å². The molecular formula is C11H10BrF2N5. The predicted molar refractivity (Wildman–Crippen MR) is 66.6 cm³/mol. The van der Waals surface area contributed by atoms with E-state index >= 15 is 0 Å². The van der Waals surface area contributed by atoms with Crippen LogP contribution in [0.4, 0.5) is 8.78 Å². The van der Waals surface area contributed by atoms with Crippen molar-refractivity contribution >= 4 is 15.9 Å². The van der Waals surface area contributed by atoms with Crippen LogP contribution in [0.2, 0.25) is 0 Å². The lowest BCUT2D eigenvalue weighted by Crippen LogP contribution is -2.19. The van der Waals surface area contributed by atoms with Gasteiger partial charge in [0.25, 0.3) is 0 Å². The van der Waals surface area contributed by atoms with E-state index in [1.807, 2.05) is 0 Å². The Hall–Kier alpha value is -1.41. The van der Waals surface area contributed by atoms with Crippen LogP contribution in [0.15, 0.2) is 16.6 Å². The zero-order valence-corrected chi connectivity index (χ0v) is 11.4. The molecule has 1 fully saturated rings. The molecule has 0 spiro atoms. The molecule has 1 aliphatic carbocycles. The molecule has 19 heavy (non-hydrogen) atoms. The Morgan fingerprint density at radius 2 is 2.11 bits per heavy atom. The molecule has 3 rings (SSSR count). The first kappa shape index (κ1) is 12.6. The van der Waals surface area contributed by atoms with E-state index in [4.69, 9.17) is 0 Å². The van der Waals surface area contributed by atoms with Gasteiger partial charge in [-0.3, -0.25) is 0 Å². The van der Waals surface area contributed by atoms with Crippen molar-refractivity contribution in [3.8, 4) is 5.69 Å². The van der Waals surface area contributed by atoms with E-state index in [-0.39, 0.29) is 10.2 Å². The molecule has 5 nitrogen and oxygen atoms in total. The average Bonchev–Trinajstić information content (AvgIpc) is 3.09. The number of hydrogen-bond donors (Lipinski definition) is 1. The Balaban J connectivity index is 1.92. The summed E-state index contributed by atoms with van der Waals surface area (Å²) in [6, 6.07) is 2.61. The normalized spacial score (nSPS) is 14.9. The number of aromatic nitrogens is 4. The maximum absolute atomic E-state index is 13.9. The second-order valence-corrected chi connectivity index (χ2v) is 5.23. The quantitative estimate of drug-likeness (QED) is 0.871. The Kier molecular flexibility index (Phi) is 3.28. The Labute approximate surface area is 116 Å². The summed E-state index contributed by atoms with van der Waals surface area (Å²) in [7, 11) is 0. The number of tetrazole rings is 1. The van der Waals surface area contributed by atoms with Gasteiger partial charge in [0.15, 0.2) is 5.82 Å². The van der Waals surface area contributed by atoms with Crippen LogP contribution < -0.4 is 5.32 Å². The van der Waals surface area contributed by atoms with Crippen molar-refractivity contribution in [2.45, 2.75) is 25.4 Å². The van der Waals surface area contributed by atoms with Crippen molar-refractivity contribution in [3.05, 3.63) is 34.1 Å². The third-order valence-corrected chi connectivity index (χ3v) is 3.49. The van der Waals surface area contributed by atoms with Crippen LogP contribution in [-0.4, -0.2) is 26.2 Å². The summed E-state index contributed by atoms with van der Waals surface area (Å²) < 4.78 is 28.6. The molecular weight excluding hydrogens is 320 g/mol. The van der Waals surface area contributed by atoms with E-state index < -0.39 is 11.6 Å². The van der Waals surface area contributed by atoms with E-state index in [0.29, 0.717) is 18.4 Å². The maximum Gasteiger partial charge on any atom is 0.170 e. The van der Waals surface area contributed by atoms with Crippen LogP contribution in [0.1, 0.15) is 18.7 Å². The third-order valence-electron chi connectivity index (χ3n) is 2.88. The van der Waals surface area contributed by atoms with Crippen LogP contribution in [0.3, 0.4) is 0 Å². The molecule has 0 bridgehead atoms. The fourth-order valence-corrected chi connectivity index (χ4v) is 2.02. The molecule has 1 aromatic carbocycles. The van der Waals surface area contributed by atoms with Gasteiger partial charge in [-0.15, -0.1) is 5.10 Å². The van der Waals surface area contributed by atoms with Gasteiger partial charge in [-0.1, -0.05) is 0 Å². The summed E-state index contributed by atoms with van der Waals surface area (Å²) in [5.41, 5.74) is -0.00158. The second kappa shape index (κ2) is 4.93. The molecule has 8 heteroatoms. The average molecular weight is 330 g/mol. The summed E-state index contributed by atoms with van der Waals surface area (Å²) in [5, 5.41) is 14.3. The number of rotatable bonds is 4. The Morgan fingerprint density at radius 1 is 1.32 bits per heavy atom. The lowest BCUT2D eigenvalue weighted by atomic mass is 10.3. The molecule has 1 N–H and O–H groups in total. The SMILES string of the molecule is Fc1cc(-n2nnnc2CNC2CC2)c(F)cc1Br. The lowest BCUT2D eigenvalue weighted by molar-refractivity contribution is 0.570. The van der Waals surface area contributed by atoms with Crippen molar-refractivity contribution in [3.63, 3.8) is 0 Å². The van der Waals surface area contributed by atoms with Gasteiger partial charge >= 0.3 is 0 Å². The largest absolute Gasteiger partial charge is 0.307 e. The lowest BCUT2D eigenvalue weighted by Gasteiger charge is -2.07. The van der Waals surface area contributed by atoms with E-state index in [1.54, 1.807) is 0 Å². The molecule has 0 aliphatic heterocycles. The number of nitrogens with one attached hydrogen (secondary N) is 1. The fourth-order valence-electron chi connectivity index (χ4n) is 1.70. The highest BCUT2D eigenvalue weighted by atomic mass is 79.9. The van der Waals surface area contributed by atoms with E-state index in [1.165, 1.54) is 4.68 Å². The summed E-state index contributed by atoms with van der Waals surface area (Å²) in [4.78, 5) is 0. The van der Waals surface area contributed by atoms with Gasteiger partial charge in [0.2, 0.25) is 0 Å². The molecule has 0 amide bonds. The summed E-state index contributed by atoms with van der Waals surface area (Å²) in [6.45, 7) is 0.425. The first-order chi connectivity index (χ1) is 9.15. The molecule has 2 aromatic rings. The second-order valence-electron chi connectivity index (χ2n) is 4.38. The summed E-state index contributed by atoms with van der Waals surface area (Å²) >= 11 is 2.93. The van der Waals surface area contributed by atoms with Crippen LogP contribution in [0.5, 0.6) is 0 Å². The minimum atomic E-state index is -0.590.